The van der Waals surface area contributed by atoms with Crippen molar-refractivity contribution in [2.75, 3.05) is 13.2 Å². The Bertz CT molecular complexity index is 923. The summed E-state index contributed by atoms with van der Waals surface area (Å²) in [5.74, 6) is -0.405. The van der Waals surface area contributed by atoms with Crippen LogP contribution in [-0.4, -0.2) is 30.1 Å². The molecule has 0 aliphatic heterocycles. The van der Waals surface area contributed by atoms with E-state index in [1.54, 1.807) is 48.0 Å². The molecule has 3 aromatic rings. The number of alkyl halides is 3. The molecule has 2 aromatic carbocycles. The molecule has 27 heavy (non-hydrogen) atoms. The molecule has 142 valence electrons. The van der Waals surface area contributed by atoms with Crippen LogP contribution >= 0.6 is 11.3 Å². The Kier molecular flexibility index (Phi) is 5.70. The molecule has 0 bridgehead atoms. The lowest BCUT2D eigenvalue weighted by atomic mass is 10.0. The Balaban J connectivity index is 2.07. The van der Waals surface area contributed by atoms with Crippen molar-refractivity contribution < 1.29 is 22.7 Å². The highest BCUT2D eigenvalue weighted by atomic mass is 32.1. The molecule has 0 aliphatic carbocycles. The fourth-order valence-electron chi connectivity index (χ4n) is 2.92. The SMILES string of the molecule is CCOc1ccc2ccccc2c1C(=O)N(Cc1ccsc1)CC(F)(F)F. The summed E-state index contributed by atoms with van der Waals surface area (Å²) in [7, 11) is 0. The molecule has 0 N–H and O–H groups in total. The van der Waals surface area contributed by atoms with Crippen LogP contribution in [0.15, 0.2) is 53.2 Å². The van der Waals surface area contributed by atoms with E-state index in [1.807, 2.05) is 12.1 Å². The second kappa shape index (κ2) is 8.00. The Labute approximate surface area is 159 Å². The average molecular weight is 393 g/mol. The molecule has 0 fully saturated rings. The molecular formula is C20H18F3NO2S. The molecule has 3 rings (SSSR count). The van der Waals surface area contributed by atoms with Gasteiger partial charge >= 0.3 is 6.18 Å². The normalized spacial score (nSPS) is 11.6. The van der Waals surface area contributed by atoms with Crippen LogP contribution in [-0.2, 0) is 6.54 Å². The van der Waals surface area contributed by atoms with Gasteiger partial charge in [0.2, 0.25) is 0 Å². The summed E-state index contributed by atoms with van der Waals surface area (Å²) < 4.78 is 45.0. The van der Waals surface area contributed by atoms with Crippen LogP contribution in [0.1, 0.15) is 22.8 Å². The summed E-state index contributed by atoms with van der Waals surface area (Å²) in [6, 6.07) is 12.3. The number of fused-ring (bicyclic) bond motifs is 1. The third-order valence-electron chi connectivity index (χ3n) is 4.02. The summed E-state index contributed by atoms with van der Waals surface area (Å²) in [6.07, 6.45) is -4.50. The van der Waals surface area contributed by atoms with E-state index in [9.17, 15) is 18.0 Å². The predicted octanol–water partition coefficient (Wildman–Crippen LogP) is 5.50. The maximum absolute atomic E-state index is 13.2. The van der Waals surface area contributed by atoms with Crippen LogP contribution in [0.4, 0.5) is 13.2 Å². The van der Waals surface area contributed by atoms with E-state index >= 15 is 0 Å². The number of carbonyl (C=O) groups excluding carboxylic acids is 1. The van der Waals surface area contributed by atoms with Gasteiger partial charge in [0.15, 0.2) is 0 Å². The van der Waals surface area contributed by atoms with Gasteiger partial charge in [-0.2, -0.15) is 24.5 Å². The number of hydrogen-bond acceptors (Lipinski definition) is 3. The van der Waals surface area contributed by atoms with Gasteiger partial charge in [0.25, 0.3) is 5.91 Å². The number of carbonyl (C=O) groups is 1. The molecule has 0 spiro atoms. The summed E-state index contributed by atoms with van der Waals surface area (Å²) in [4.78, 5) is 14.0. The lowest BCUT2D eigenvalue weighted by Gasteiger charge is -2.25. The van der Waals surface area contributed by atoms with Gasteiger partial charge in [0, 0.05) is 6.54 Å². The van der Waals surface area contributed by atoms with E-state index in [4.69, 9.17) is 4.74 Å². The minimum Gasteiger partial charge on any atom is -0.493 e. The van der Waals surface area contributed by atoms with Crippen molar-refractivity contribution in [1.29, 1.82) is 0 Å². The van der Waals surface area contributed by atoms with Crippen LogP contribution in [0.5, 0.6) is 5.75 Å². The highest BCUT2D eigenvalue weighted by molar-refractivity contribution is 7.07. The molecule has 0 aliphatic rings. The van der Waals surface area contributed by atoms with Gasteiger partial charge in [0.1, 0.15) is 12.3 Å². The molecule has 1 aromatic heterocycles. The van der Waals surface area contributed by atoms with Gasteiger partial charge < -0.3 is 9.64 Å². The lowest BCUT2D eigenvalue weighted by molar-refractivity contribution is -0.141. The zero-order chi connectivity index (χ0) is 19.4. The highest BCUT2D eigenvalue weighted by Crippen LogP contribution is 2.31. The van der Waals surface area contributed by atoms with Crippen molar-refractivity contribution in [2.24, 2.45) is 0 Å². The van der Waals surface area contributed by atoms with Gasteiger partial charge in [-0.05, 0) is 46.2 Å². The van der Waals surface area contributed by atoms with E-state index in [0.29, 0.717) is 23.3 Å². The smallest absolute Gasteiger partial charge is 0.406 e. The first-order valence-corrected chi connectivity index (χ1v) is 9.35. The minimum atomic E-state index is -4.50. The van der Waals surface area contributed by atoms with Crippen LogP contribution in [0.2, 0.25) is 0 Å². The quantitative estimate of drug-likeness (QED) is 0.553. The standard InChI is InChI=1S/C20H18F3NO2S/c1-2-26-17-8-7-15-5-3-4-6-16(15)18(17)19(25)24(13-20(21,22)23)11-14-9-10-27-12-14/h3-10,12H,2,11,13H2,1H3. The second-order valence-electron chi connectivity index (χ2n) is 6.00. The number of ether oxygens (including phenoxy) is 1. The van der Waals surface area contributed by atoms with Crippen LogP contribution in [0, 0.1) is 0 Å². The monoisotopic (exact) mass is 393 g/mol. The fourth-order valence-corrected chi connectivity index (χ4v) is 3.58. The molecule has 0 saturated carbocycles. The van der Waals surface area contributed by atoms with E-state index in [-0.39, 0.29) is 12.1 Å². The Morgan fingerprint density at radius 1 is 1.15 bits per heavy atom. The number of thiophene rings is 1. The van der Waals surface area contributed by atoms with Crippen LogP contribution in [0.3, 0.4) is 0 Å². The molecule has 3 nitrogen and oxygen atoms in total. The number of halogens is 3. The molecule has 0 atom stereocenters. The Morgan fingerprint density at radius 3 is 2.59 bits per heavy atom. The van der Waals surface area contributed by atoms with E-state index in [1.165, 1.54) is 11.3 Å². The number of rotatable bonds is 6. The minimum absolute atomic E-state index is 0.114. The molecule has 0 radical (unpaired) electrons. The maximum Gasteiger partial charge on any atom is 0.406 e. The number of amides is 1. The largest absolute Gasteiger partial charge is 0.493 e. The average Bonchev–Trinajstić information content (AvgIpc) is 3.12. The van der Waals surface area contributed by atoms with E-state index in [2.05, 4.69) is 0 Å². The third kappa shape index (κ3) is 4.60. The van der Waals surface area contributed by atoms with Crippen molar-refractivity contribution in [3.63, 3.8) is 0 Å². The Morgan fingerprint density at radius 2 is 1.93 bits per heavy atom. The van der Waals surface area contributed by atoms with Crippen LogP contribution in [0.25, 0.3) is 10.8 Å². The summed E-state index contributed by atoms with van der Waals surface area (Å²) in [5, 5.41) is 4.86. The molecule has 0 saturated heterocycles. The first-order chi connectivity index (χ1) is 12.9. The Hall–Kier alpha value is -2.54. The van der Waals surface area contributed by atoms with Gasteiger partial charge in [-0.1, -0.05) is 30.3 Å². The predicted molar refractivity (Wildman–Crippen MR) is 100 cm³/mol. The first kappa shape index (κ1) is 19.2. The van der Waals surface area contributed by atoms with Gasteiger partial charge in [0.05, 0.1) is 12.2 Å². The number of hydrogen-bond donors (Lipinski definition) is 0. The van der Waals surface area contributed by atoms with E-state index < -0.39 is 18.6 Å². The van der Waals surface area contributed by atoms with Crippen LogP contribution < -0.4 is 4.74 Å². The zero-order valence-corrected chi connectivity index (χ0v) is 15.4. The summed E-state index contributed by atoms with van der Waals surface area (Å²) >= 11 is 1.38. The number of nitrogens with zero attached hydrogens (tertiary/aromatic N) is 1. The van der Waals surface area contributed by atoms with Crippen molar-refractivity contribution >= 4 is 28.0 Å². The summed E-state index contributed by atoms with van der Waals surface area (Å²) in [6.45, 7) is 0.637. The fraction of sp³-hybridized carbons (Fsp3) is 0.250. The van der Waals surface area contributed by atoms with Gasteiger partial charge in [-0.3, -0.25) is 4.79 Å². The molecule has 0 unspecified atom stereocenters. The van der Waals surface area contributed by atoms with Gasteiger partial charge in [-0.15, -0.1) is 0 Å². The molecular weight excluding hydrogens is 375 g/mol. The van der Waals surface area contributed by atoms with Gasteiger partial charge in [-0.25, -0.2) is 0 Å². The van der Waals surface area contributed by atoms with Crippen molar-refractivity contribution in [3.05, 3.63) is 64.4 Å². The number of benzene rings is 2. The van der Waals surface area contributed by atoms with Crippen molar-refractivity contribution in [2.45, 2.75) is 19.6 Å². The topological polar surface area (TPSA) is 29.5 Å². The summed E-state index contributed by atoms with van der Waals surface area (Å²) in [5.41, 5.74) is 0.824. The zero-order valence-electron chi connectivity index (χ0n) is 14.6. The lowest BCUT2D eigenvalue weighted by Crippen LogP contribution is -2.38. The third-order valence-corrected chi connectivity index (χ3v) is 4.75. The molecule has 1 amide bonds. The van der Waals surface area contributed by atoms with Crippen molar-refractivity contribution in [3.8, 4) is 5.75 Å². The molecule has 7 heteroatoms. The molecule has 1 heterocycles. The maximum atomic E-state index is 13.2. The van der Waals surface area contributed by atoms with Crippen molar-refractivity contribution in [1.82, 2.24) is 4.90 Å². The highest BCUT2D eigenvalue weighted by Gasteiger charge is 2.34. The van der Waals surface area contributed by atoms with E-state index in [0.717, 1.165) is 10.3 Å². The first-order valence-electron chi connectivity index (χ1n) is 8.40. The second-order valence-corrected chi connectivity index (χ2v) is 6.78.